The number of aromatic nitrogens is 1. The lowest BCUT2D eigenvalue weighted by molar-refractivity contribution is 0.143. The van der Waals surface area contributed by atoms with Crippen LogP contribution in [-0.4, -0.2) is 15.8 Å². The van der Waals surface area contributed by atoms with Crippen LogP contribution in [0.3, 0.4) is 0 Å². The van der Waals surface area contributed by atoms with Gasteiger partial charge in [-0.25, -0.2) is 13.6 Å². The van der Waals surface area contributed by atoms with Gasteiger partial charge in [0.15, 0.2) is 17.4 Å². The molecule has 1 aromatic heterocycles. The minimum absolute atomic E-state index is 0.0733. The van der Waals surface area contributed by atoms with Crippen LogP contribution < -0.4 is 10.2 Å². The zero-order chi connectivity index (χ0) is 16.2. The monoisotopic (exact) mass is 349 g/mol. The number of fused-ring (bicyclic) bond motifs is 1. The quantitative estimate of drug-likeness (QED) is 0.505. The second-order valence-corrected chi connectivity index (χ2v) is 5.56. The molecule has 5 nitrogen and oxygen atoms in total. The predicted molar refractivity (Wildman–Crippen MR) is 75.1 cm³/mol. The van der Waals surface area contributed by atoms with E-state index < -0.39 is 44.4 Å². The highest BCUT2D eigenvalue weighted by molar-refractivity contribution is 6.40. The van der Waals surface area contributed by atoms with Gasteiger partial charge in [-0.1, -0.05) is 23.2 Å². The van der Waals surface area contributed by atoms with E-state index in [9.17, 15) is 18.4 Å². The molecular formula is C13H7Cl2F2NO4. The van der Waals surface area contributed by atoms with Gasteiger partial charge < -0.3 is 14.4 Å². The van der Waals surface area contributed by atoms with Gasteiger partial charge in [0.25, 0.3) is 0 Å². The molecule has 0 aliphatic heterocycles. The van der Waals surface area contributed by atoms with Crippen LogP contribution in [0.1, 0.15) is 18.9 Å². The van der Waals surface area contributed by atoms with E-state index in [0.29, 0.717) is 0 Å². The average Bonchev–Trinajstić information content (AvgIpc) is 3.28. The SMILES string of the molecule is O=C(O)Oc1cn(C2CC2)c2c(Cl)c(F)c(F)c(Cl)c2c1=O. The van der Waals surface area contributed by atoms with Crippen molar-refractivity contribution in [3.63, 3.8) is 0 Å². The van der Waals surface area contributed by atoms with Gasteiger partial charge in [0, 0.05) is 6.04 Å². The predicted octanol–water partition coefficient (Wildman–Crippen LogP) is 3.98. The summed E-state index contributed by atoms with van der Waals surface area (Å²) in [7, 11) is 0. The Balaban J connectivity index is 2.48. The van der Waals surface area contributed by atoms with Crippen LogP contribution in [0.2, 0.25) is 10.0 Å². The summed E-state index contributed by atoms with van der Waals surface area (Å²) >= 11 is 11.5. The van der Waals surface area contributed by atoms with E-state index in [1.54, 1.807) is 0 Å². The van der Waals surface area contributed by atoms with Crippen molar-refractivity contribution >= 4 is 40.3 Å². The summed E-state index contributed by atoms with van der Waals surface area (Å²) in [6.45, 7) is 0. The maximum atomic E-state index is 13.8. The highest BCUT2D eigenvalue weighted by Crippen LogP contribution is 2.42. The maximum Gasteiger partial charge on any atom is 0.511 e. The van der Waals surface area contributed by atoms with Crippen LogP contribution >= 0.6 is 23.2 Å². The highest BCUT2D eigenvalue weighted by Gasteiger charge is 2.30. The minimum Gasteiger partial charge on any atom is -0.449 e. The summed E-state index contributed by atoms with van der Waals surface area (Å²) in [6.07, 6.45) is 0.855. The average molecular weight is 350 g/mol. The largest absolute Gasteiger partial charge is 0.511 e. The Hall–Kier alpha value is -1.86. The number of halogens is 4. The molecule has 0 unspecified atom stereocenters. The van der Waals surface area contributed by atoms with Gasteiger partial charge in [-0.2, -0.15) is 0 Å². The summed E-state index contributed by atoms with van der Waals surface area (Å²) in [6, 6.07) is -0.113. The van der Waals surface area contributed by atoms with E-state index in [-0.39, 0.29) is 11.6 Å². The van der Waals surface area contributed by atoms with Crippen LogP contribution in [0.25, 0.3) is 10.9 Å². The molecule has 116 valence electrons. The molecule has 1 N–H and O–H groups in total. The minimum atomic E-state index is -1.71. The van der Waals surface area contributed by atoms with Crippen molar-refractivity contribution in [1.29, 1.82) is 0 Å². The van der Waals surface area contributed by atoms with Gasteiger partial charge in [0.05, 0.1) is 22.1 Å². The van der Waals surface area contributed by atoms with E-state index >= 15 is 0 Å². The zero-order valence-electron chi connectivity index (χ0n) is 10.7. The lowest BCUT2D eigenvalue weighted by Gasteiger charge is -2.15. The first-order chi connectivity index (χ1) is 10.3. The first kappa shape index (κ1) is 15.1. The van der Waals surface area contributed by atoms with Gasteiger partial charge in [-0.3, -0.25) is 4.79 Å². The van der Waals surface area contributed by atoms with Crippen LogP contribution in [0, 0.1) is 11.6 Å². The molecule has 2 aromatic rings. The molecule has 3 rings (SSSR count). The van der Waals surface area contributed by atoms with Crippen molar-refractivity contribution in [1.82, 2.24) is 4.57 Å². The molecule has 1 aromatic carbocycles. The van der Waals surface area contributed by atoms with E-state index in [1.807, 2.05) is 0 Å². The third-order valence-corrected chi connectivity index (χ3v) is 4.05. The van der Waals surface area contributed by atoms with Gasteiger partial charge in [-0.05, 0) is 12.8 Å². The second kappa shape index (κ2) is 5.10. The zero-order valence-corrected chi connectivity index (χ0v) is 12.2. The standard InChI is InChI=1S/C13H7Cl2F2NO4/c14-7-6-11(8(15)10(17)9(7)16)18(4-1-2-4)3-5(12(6)19)22-13(20)21/h3-4H,1-2H2,(H,20,21). The number of nitrogens with zero attached hydrogens (tertiary/aromatic N) is 1. The summed E-state index contributed by atoms with van der Waals surface area (Å²) in [5.74, 6) is -3.37. The third kappa shape index (κ3) is 2.21. The molecule has 1 heterocycles. The first-order valence-electron chi connectivity index (χ1n) is 6.14. The van der Waals surface area contributed by atoms with Crippen molar-refractivity contribution in [2.75, 3.05) is 0 Å². The number of hydrogen-bond acceptors (Lipinski definition) is 3. The fourth-order valence-electron chi connectivity index (χ4n) is 2.25. The maximum absolute atomic E-state index is 13.8. The van der Waals surface area contributed by atoms with E-state index in [4.69, 9.17) is 28.3 Å². The number of pyridine rings is 1. The molecule has 1 saturated carbocycles. The Morgan fingerprint density at radius 2 is 1.86 bits per heavy atom. The lowest BCUT2D eigenvalue weighted by atomic mass is 10.1. The second-order valence-electron chi connectivity index (χ2n) is 4.81. The van der Waals surface area contributed by atoms with Crippen LogP contribution in [0.5, 0.6) is 5.75 Å². The number of carbonyl (C=O) groups is 1. The molecule has 0 spiro atoms. The van der Waals surface area contributed by atoms with Crippen molar-refractivity contribution in [2.45, 2.75) is 18.9 Å². The number of hydrogen-bond donors (Lipinski definition) is 1. The molecule has 9 heteroatoms. The van der Waals surface area contributed by atoms with Gasteiger partial charge in [-0.15, -0.1) is 0 Å². The van der Waals surface area contributed by atoms with Crippen LogP contribution in [0.15, 0.2) is 11.0 Å². The third-order valence-electron chi connectivity index (χ3n) is 3.35. The van der Waals surface area contributed by atoms with E-state index in [0.717, 1.165) is 19.0 Å². The summed E-state index contributed by atoms with van der Waals surface area (Å²) in [5, 5.41) is 6.92. The molecule has 0 saturated heterocycles. The molecule has 1 aliphatic rings. The molecule has 0 radical (unpaired) electrons. The summed E-state index contributed by atoms with van der Waals surface area (Å²) in [5.41, 5.74) is -1.05. The molecule has 22 heavy (non-hydrogen) atoms. The van der Waals surface area contributed by atoms with Crippen molar-refractivity contribution in [3.05, 3.63) is 38.1 Å². The smallest absolute Gasteiger partial charge is 0.449 e. The number of benzene rings is 1. The van der Waals surface area contributed by atoms with Crippen molar-refractivity contribution in [2.24, 2.45) is 0 Å². The Kier molecular flexibility index (Phi) is 3.49. The molecule has 0 bridgehead atoms. The van der Waals surface area contributed by atoms with Crippen LogP contribution in [0.4, 0.5) is 13.6 Å². The number of ether oxygens (including phenoxy) is 1. The topological polar surface area (TPSA) is 68.5 Å². The number of carboxylic acid groups (broad SMARTS) is 1. The normalized spacial score (nSPS) is 14.4. The molecule has 0 amide bonds. The van der Waals surface area contributed by atoms with E-state index in [1.165, 1.54) is 4.57 Å². The van der Waals surface area contributed by atoms with Gasteiger partial charge in [0.1, 0.15) is 5.02 Å². The lowest BCUT2D eigenvalue weighted by Crippen LogP contribution is -2.17. The fraction of sp³-hybridized carbons (Fsp3) is 0.231. The van der Waals surface area contributed by atoms with Crippen molar-refractivity contribution in [3.8, 4) is 5.75 Å². The van der Waals surface area contributed by atoms with Crippen molar-refractivity contribution < 1.29 is 23.4 Å². The Morgan fingerprint density at radius 1 is 1.27 bits per heavy atom. The Labute approximate surface area is 131 Å². The highest BCUT2D eigenvalue weighted by atomic mass is 35.5. The molecule has 0 atom stereocenters. The van der Waals surface area contributed by atoms with Crippen LogP contribution in [-0.2, 0) is 0 Å². The fourth-order valence-corrected chi connectivity index (χ4v) is 2.78. The molecular weight excluding hydrogens is 343 g/mol. The number of rotatable bonds is 2. The molecule has 1 aliphatic carbocycles. The Bertz CT molecular complexity index is 877. The summed E-state index contributed by atoms with van der Waals surface area (Å²) in [4.78, 5) is 22.9. The van der Waals surface area contributed by atoms with E-state index in [2.05, 4.69) is 4.74 Å². The molecule has 1 fully saturated rings. The van der Waals surface area contributed by atoms with Gasteiger partial charge in [0.2, 0.25) is 5.43 Å². The van der Waals surface area contributed by atoms with Gasteiger partial charge >= 0.3 is 6.16 Å². The first-order valence-corrected chi connectivity index (χ1v) is 6.90. The Morgan fingerprint density at radius 3 is 2.41 bits per heavy atom. The summed E-state index contributed by atoms with van der Waals surface area (Å²) < 4.78 is 33.3.